The first-order valence-electron chi connectivity index (χ1n) is 10.7. The van der Waals surface area contributed by atoms with Gasteiger partial charge in [0.25, 0.3) is 0 Å². The summed E-state index contributed by atoms with van der Waals surface area (Å²) in [6.07, 6.45) is 5.10. The summed E-state index contributed by atoms with van der Waals surface area (Å²) in [5.74, 6) is 0.0305. The lowest BCUT2D eigenvalue weighted by Crippen LogP contribution is -2.44. The number of H-pyrrole nitrogens is 1. The van der Waals surface area contributed by atoms with Crippen LogP contribution in [0.1, 0.15) is 38.3 Å². The van der Waals surface area contributed by atoms with Gasteiger partial charge in [-0.25, -0.2) is 14.3 Å². The molecule has 0 aliphatic carbocycles. The highest BCUT2D eigenvalue weighted by Crippen LogP contribution is 2.28. The molecular weight excluding hydrogens is 406 g/mol. The van der Waals surface area contributed by atoms with Crippen molar-refractivity contribution in [2.75, 3.05) is 13.1 Å². The van der Waals surface area contributed by atoms with E-state index in [-0.39, 0.29) is 23.6 Å². The molecule has 9 nitrogen and oxygen atoms in total. The van der Waals surface area contributed by atoms with Gasteiger partial charge in [0.15, 0.2) is 5.65 Å². The van der Waals surface area contributed by atoms with E-state index >= 15 is 0 Å². The van der Waals surface area contributed by atoms with E-state index in [2.05, 4.69) is 16.2 Å². The van der Waals surface area contributed by atoms with Crippen LogP contribution in [0, 0.1) is 17.2 Å². The normalized spacial score (nSPS) is 16.7. The first-order valence-corrected chi connectivity index (χ1v) is 10.7. The van der Waals surface area contributed by atoms with Crippen molar-refractivity contribution in [3.8, 4) is 17.3 Å². The minimum Gasteiger partial charge on any atom is -0.340 e. The van der Waals surface area contributed by atoms with Gasteiger partial charge in [0.1, 0.15) is 0 Å². The summed E-state index contributed by atoms with van der Waals surface area (Å²) in [6.45, 7) is 5.00. The van der Waals surface area contributed by atoms with Crippen LogP contribution in [0.3, 0.4) is 0 Å². The van der Waals surface area contributed by atoms with Crippen molar-refractivity contribution in [2.24, 2.45) is 5.92 Å². The number of nitrogens with one attached hydrogen (secondary N) is 1. The van der Waals surface area contributed by atoms with Crippen LogP contribution in [-0.2, 0) is 4.79 Å². The van der Waals surface area contributed by atoms with Crippen molar-refractivity contribution in [1.82, 2.24) is 29.0 Å². The number of imidazole rings is 1. The molecule has 4 aromatic heterocycles. The van der Waals surface area contributed by atoms with Gasteiger partial charge in [0, 0.05) is 30.8 Å². The monoisotopic (exact) mass is 429 g/mol. The SMILES string of the molecule is CC(C)C(=O)N1CCCC(n2c(=O)[nH]c3ccc(-c4cnn5ccc(C#N)cc45)nc32)C1. The molecule has 0 aromatic carbocycles. The van der Waals surface area contributed by atoms with Crippen LogP contribution in [0.15, 0.2) is 41.5 Å². The number of nitriles is 1. The maximum Gasteiger partial charge on any atom is 0.327 e. The summed E-state index contributed by atoms with van der Waals surface area (Å²) in [5, 5.41) is 13.6. The average Bonchev–Trinajstić information content (AvgIpc) is 3.37. The van der Waals surface area contributed by atoms with Crippen molar-refractivity contribution in [1.29, 1.82) is 5.26 Å². The number of aromatic amines is 1. The molecule has 5 heterocycles. The minimum atomic E-state index is -0.222. The lowest BCUT2D eigenvalue weighted by Gasteiger charge is -2.34. The molecule has 1 atom stereocenters. The maximum atomic E-state index is 12.9. The number of aromatic nitrogens is 5. The van der Waals surface area contributed by atoms with E-state index < -0.39 is 0 Å². The number of rotatable bonds is 3. The van der Waals surface area contributed by atoms with Gasteiger partial charge in [0.2, 0.25) is 5.91 Å². The molecule has 1 unspecified atom stereocenters. The Morgan fingerprint density at radius 3 is 2.94 bits per heavy atom. The minimum absolute atomic E-state index is 0.0768. The zero-order valence-electron chi connectivity index (χ0n) is 17.9. The fourth-order valence-corrected chi connectivity index (χ4v) is 4.47. The molecule has 9 heteroatoms. The fraction of sp³-hybridized carbons (Fsp3) is 0.348. The number of hydrogen-bond donors (Lipinski definition) is 1. The molecule has 0 radical (unpaired) electrons. The van der Waals surface area contributed by atoms with Gasteiger partial charge in [-0.3, -0.25) is 9.36 Å². The Labute approximate surface area is 183 Å². The van der Waals surface area contributed by atoms with Crippen LogP contribution >= 0.6 is 0 Å². The van der Waals surface area contributed by atoms with Gasteiger partial charge < -0.3 is 9.88 Å². The van der Waals surface area contributed by atoms with Gasteiger partial charge >= 0.3 is 5.69 Å². The van der Waals surface area contributed by atoms with Gasteiger partial charge in [-0.05, 0) is 37.1 Å². The van der Waals surface area contributed by atoms with Crippen molar-refractivity contribution >= 4 is 22.6 Å². The third-order valence-corrected chi connectivity index (χ3v) is 6.06. The van der Waals surface area contributed by atoms with E-state index in [9.17, 15) is 14.9 Å². The number of hydrogen-bond acceptors (Lipinski definition) is 5. The summed E-state index contributed by atoms with van der Waals surface area (Å²) >= 11 is 0. The van der Waals surface area contributed by atoms with Crippen LogP contribution in [0.25, 0.3) is 27.9 Å². The number of likely N-dealkylation sites (tertiary alicyclic amines) is 1. The topological polar surface area (TPSA) is 112 Å². The highest BCUT2D eigenvalue weighted by atomic mass is 16.2. The summed E-state index contributed by atoms with van der Waals surface area (Å²) in [7, 11) is 0. The average molecular weight is 429 g/mol. The molecule has 162 valence electrons. The molecule has 1 saturated heterocycles. The predicted molar refractivity (Wildman–Crippen MR) is 119 cm³/mol. The molecule has 0 saturated carbocycles. The number of pyridine rings is 2. The zero-order chi connectivity index (χ0) is 22.4. The second-order valence-electron chi connectivity index (χ2n) is 8.52. The molecule has 4 aromatic rings. The molecule has 0 spiro atoms. The Morgan fingerprint density at radius 2 is 2.16 bits per heavy atom. The van der Waals surface area contributed by atoms with Crippen LogP contribution in [0.2, 0.25) is 0 Å². The van der Waals surface area contributed by atoms with Gasteiger partial charge in [-0.2, -0.15) is 10.4 Å². The Hall–Kier alpha value is -3.93. The highest BCUT2D eigenvalue weighted by molar-refractivity contribution is 5.83. The van der Waals surface area contributed by atoms with Crippen molar-refractivity contribution < 1.29 is 4.79 Å². The summed E-state index contributed by atoms with van der Waals surface area (Å²) < 4.78 is 3.38. The Balaban J connectivity index is 1.59. The molecule has 1 aliphatic rings. The number of carbonyl (C=O) groups excluding carboxylic acids is 1. The van der Waals surface area contributed by atoms with Crippen molar-refractivity contribution in [3.63, 3.8) is 0 Å². The second kappa shape index (κ2) is 7.64. The predicted octanol–water partition coefficient (Wildman–Crippen LogP) is 2.73. The molecular formula is C23H23N7O2. The maximum absolute atomic E-state index is 12.9. The largest absolute Gasteiger partial charge is 0.340 e. The van der Waals surface area contributed by atoms with E-state index in [1.807, 2.05) is 30.9 Å². The third-order valence-electron chi connectivity index (χ3n) is 6.06. The highest BCUT2D eigenvalue weighted by Gasteiger charge is 2.28. The van der Waals surface area contributed by atoms with Crippen molar-refractivity contribution in [2.45, 2.75) is 32.7 Å². The summed E-state index contributed by atoms with van der Waals surface area (Å²) in [4.78, 5) is 34.9. The second-order valence-corrected chi connectivity index (χ2v) is 8.52. The first kappa shape index (κ1) is 20.0. The van der Waals surface area contributed by atoms with E-state index in [1.165, 1.54) is 0 Å². The number of carbonyl (C=O) groups is 1. The summed E-state index contributed by atoms with van der Waals surface area (Å²) in [5.41, 5.74) is 3.75. The standard InChI is InChI=1S/C23H23N7O2/c1-14(2)22(31)28-8-3-4-16(13-28)30-21-19(27-23(30)32)6-5-18(26-21)17-12-25-29-9-7-15(11-24)10-20(17)29/h5-7,9-10,12,14,16H,3-4,8,13H2,1-2H3,(H,27,32). The number of fused-ring (bicyclic) bond motifs is 2. The van der Waals surface area contributed by atoms with E-state index in [4.69, 9.17) is 4.98 Å². The molecule has 1 aliphatic heterocycles. The Bertz CT molecular complexity index is 1440. The van der Waals surface area contributed by atoms with Gasteiger partial charge in [-0.15, -0.1) is 0 Å². The van der Waals surface area contributed by atoms with Crippen molar-refractivity contribution in [3.05, 3.63) is 52.7 Å². The fourth-order valence-electron chi connectivity index (χ4n) is 4.47. The lowest BCUT2D eigenvalue weighted by atomic mass is 10.0. The molecule has 5 rings (SSSR count). The lowest BCUT2D eigenvalue weighted by molar-refractivity contribution is -0.136. The molecule has 32 heavy (non-hydrogen) atoms. The summed E-state index contributed by atoms with van der Waals surface area (Å²) in [6, 6.07) is 9.18. The van der Waals surface area contributed by atoms with Crippen LogP contribution in [0.5, 0.6) is 0 Å². The number of nitrogens with zero attached hydrogens (tertiary/aromatic N) is 6. The molecule has 0 bridgehead atoms. The van der Waals surface area contributed by atoms with E-state index in [0.717, 1.165) is 23.9 Å². The van der Waals surface area contributed by atoms with Crippen LogP contribution in [-0.4, -0.2) is 48.0 Å². The Kier molecular flexibility index (Phi) is 4.78. The third kappa shape index (κ3) is 3.24. The quantitative estimate of drug-likeness (QED) is 0.538. The number of piperidine rings is 1. The first-order chi connectivity index (χ1) is 15.5. The van der Waals surface area contributed by atoms with Gasteiger partial charge in [-0.1, -0.05) is 13.8 Å². The van der Waals surface area contributed by atoms with Crippen LogP contribution in [0.4, 0.5) is 0 Å². The molecule has 1 fully saturated rings. The van der Waals surface area contributed by atoms with E-state index in [0.29, 0.717) is 35.5 Å². The number of amides is 1. The molecule has 1 N–H and O–H groups in total. The van der Waals surface area contributed by atoms with Gasteiger partial charge in [0.05, 0.1) is 40.6 Å². The molecule has 1 amide bonds. The smallest absolute Gasteiger partial charge is 0.327 e. The van der Waals surface area contributed by atoms with E-state index in [1.54, 1.807) is 33.6 Å². The van der Waals surface area contributed by atoms with Crippen LogP contribution < -0.4 is 5.69 Å². The Morgan fingerprint density at radius 1 is 1.31 bits per heavy atom. The zero-order valence-corrected chi connectivity index (χ0v) is 17.9.